The fraction of sp³-hybridized carbons (Fsp3) is 0.462. The first-order valence-corrected chi connectivity index (χ1v) is 6.46. The van der Waals surface area contributed by atoms with E-state index in [2.05, 4.69) is 0 Å². The van der Waals surface area contributed by atoms with Crippen LogP contribution in [0.1, 0.15) is 24.2 Å². The normalized spacial score (nSPS) is 14.6. The lowest BCUT2D eigenvalue weighted by molar-refractivity contribution is 0.0789. The maximum atomic E-state index is 12.2. The van der Waals surface area contributed by atoms with Crippen molar-refractivity contribution in [3.05, 3.63) is 33.8 Å². The summed E-state index contributed by atoms with van der Waals surface area (Å²) in [5, 5.41) is 10.2. The molecule has 1 aromatic rings. The Kier molecular flexibility index (Phi) is 5.60. The largest absolute Gasteiger partial charge is 0.392 e. The number of aliphatic hydroxyl groups is 1. The van der Waals surface area contributed by atoms with Crippen LogP contribution >= 0.6 is 23.2 Å². The molecule has 3 nitrogen and oxygen atoms in total. The maximum Gasteiger partial charge on any atom is 0.181 e. The molecule has 0 aliphatic rings. The third-order valence-corrected chi connectivity index (χ3v) is 3.34. The number of carbonyl (C=O) groups is 1. The van der Waals surface area contributed by atoms with E-state index in [1.165, 1.54) is 0 Å². The van der Waals surface area contributed by atoms with Crippen molar-refractivity contribution in [1.29, 1.82) is 0 Å². The van der Waals surface area contributed by atoms with Gasteiger partial charge in [0.1, 0.15) is 0 Å². The molecule has 1 N–H and O–H groups in total. The summed E-state index contributed by atoms with van der Waals surface area (Å²) in [4.78, 5) is 14.0. The van der Waals surface area contributed by atoms with Crippen LogP contribution < -0.4 is 0 Å². The van der Waals surface area contributed by atoms with Gasteiger partial charge < -0.3 is 5.11 Å². The Bertz CT molecular complexity index is 435. The lowest BCUT2D eigenvalue weighted by Crippen LogP contribution is -2.40. The zero-order valence-electron chi connectivity index (χ0n) is 10.7. The van der Waals surface area contributed by atoms with Crippen LogP contribution in [-0.4, -0.2) is 41.5 Å². The lowest BCUT2D eigenvalue weighted by atomic mass is 10.0. The van der Waals surface area contributed by atoms with Gasteiger partial charge in [-0.25, -0.2) is 0 Å². The predicted octanol–water partition coefficient (Wildman–Crippen LogP) is 2.88. The van der Waals surface area contributed by atoms with Gasteiger partial charge in [0.25, 0.3) is 0 Å². The number of hydrogen-bond acceptors (Lipinski definition) is 3. The minimum Gasteiger partial charge on any atom is -0.392 e. The van der Waals surface area contributed by atoms with Crippen LogP contribution in [0.3, 0.4) is 0 Å². The number of carbonyl (C=O) groups excluding carboxylic acids is 1. The van der Waals surface area contributed by atoms with Crippen LogP contribution in [0, 0.1) is 0 Å². The molecule has 2 unspecified atom stereocenters. The van der Waals surface area contributed by atoms with Gasteiger partial charge in [-0.05, 0) is 39.1 Å². The lowest BCUT2D eigenvalue weighted by Gasteiger charge is -2.25. The van der Waals surface area contributed by atoms with Crippen molar-refractivity contribution >= 4 is 29.0 Å². The molecule has 1 aromatic carbocycles. The third-order valence-electron chi connectivity index (χ3n) is 2.79. The number of nitrogens with zero attached hydrogens (tertiary/aromatic N) is 1. The molecule has 0 radical (unpaired) electrons. The summed E-state index contributed by atoms with van der Waals surface area (Å²) in [6.07, 6.45) is -0.481. The number of likely N-dealkylation sites (N-methyl/N-ethyl adjacent to an activating group) is 1. The van der Waals surface area contributed by atoms with Crippen molar-refractivity contribution in [3.8, 4) is 0 Å². The van der Waals surface area contributed by atoms with E-state index in [1.54, 1.807) is 44.0 Å². The minimum absolute atomic E-state index is 0.0835. The van der Waals surface area contributed by atoms with E-state index in [0.717, 1.165) is 0 Å². The van der Waals surface area contributed by atoms with E-state index in [0.29, 0.717) is 22.2 Å². The van der Waals surface area contributed by atoms with Gasteiger partial charge in [0.2, 0.25) is 0 Å². The van der Waals surface area contributed by atoms with Crippen LogP contribution in [0.15, 0.2) is 18.2 Å². The molecule has 0 saturated carbocycles. The van der Waals surface area contributed by atoms with Crippen molar-refractivity contribution in [2.75, 3.05) is 13.6 Å². The summed E-state index contributed by atoms with van der Waals surface area (Å²) in [6.45, 7) is 3.90. The highest BCUT2D eigenvalue weighted by Gasteiger charge is 2.22. The number of ketones is 1. The SMILES string of the molecule is CC(O)CN(C)C(C)C(=O)c1ccc(Cl)cc1Cl. The Labute approximate surface area is 117 Å². The Balaban J connectivity index is 2.86. The number of hydrogen-bond donors (Lipinski definition) is 1. The van der Waals surface area contributed by atoms with Gasteiger partial charge in [-0.15, -0.1) is 0 Å². The van der Waals surface area contributed by atoms with Gasteiger partial charge in [0.15, 0.2) is 5.78 Å². The monoisotopic (exact) mass is 289 g/mol. The Morgan fingerprint density at radius 2 is 2.00 bits per heavy atom. The summed E-state index contributed by atoms with van der Waals surface area (Å²) < 4.78 is 0. The molecule has 1 rings (SSSR count). The third kappa shape index (κ3) is 3.95. The molecule has 0 heterocycles. The summed E-state index contributed by atoms with van der Waals surface area (Å²) in [5.74, 6) is -0.0835. The average Bonchev–Trinajstić information content (AvgIpc) is 2.26. The molecule has 0 fully saturated rings. The minimum atomic E-state index is -0.481. The molecule has 18 heavy (non-hydrogen) atoms. The van der Waals surface area contributed by atoms with E-state index in [4.69, 9.17) is 23.2 Å². The van der Waals surface area contributed by atoms with Gasteiger partial charge in [0.05, 0.1) is 17.2 Å². The number of Topliss-reactive ketones (excluding diaryl/α,β-unsaturated/α-hetero) is 1. The summed E-state index contributed by atoms with van der Waals surface area (Å²) in [6, 6.07) is 4.47. The fourth-order valence-corrected chi connectivity index (χ4v) is 2.19. The standard InChI is InChI=1S/C13H17Cl2NO2/c1-8(17)7-16(3)9(2)13(18)11-5-4-10(14)6-12(11)15/h4-6,8-9,17H,7H2,1-3H3. The molecule has 0 aromatic heterocycles. The number of benzene rings is 1. The highest BCUT2D eigenvalue weighted by Crippen LogP contribution is 2.23. The molecular formula is C13H17Cl2NO2. The van der Waals surface area contributed by atoms with Crippen LogP contribution in [-0.2, 0) is 0 Å². The highest BCUT2D eigenvalue weighted by atomic mass is 35.5. The number of halogens is 2. The van der Waals surface area contributed by atoms with Crippen molar-refractivity contribution in [2.45, 2.75) is 26.0 Å². The van der Waals surface area contributed by atoms with E-state index in [1.807, 2.05) is 0 Å². The van der Waals surface area contributed by atoms with Crippen molar-refractivity contribution in [3.63, 3.8) is 0 Å². The van der Waals surface area contributed by atoms with E-state index < -0.39 is 6.10 Å². The van der Waals surface area contributed by atoms with Gasteiger partial charge in [-0.3, -0.25) is 9.69 Å². The zero-order chi connectivity index (χ0) is 13.9. The first-order chi connectivity index (χ1) is 8.32. The van der Waals surface area contributed by atoms with Crippen molar-refractivity contribution in [2.24, 2.45) is 0 Å². The molecule has 100 valence electrons. The number of rotatable bonds is 5. The molecule has 0 bridgehead atoms. The number of aliphatic hydroxyl groups excluding tert-OH is 1. The Morgan fingerprint density at radius 3 is 2.50 bits per heavy atom. The predicted molar refractivity (Wildman–Crippen MR) is 74.6 cm³/mol. The molecule has 0 spiro atoms. The smallest absolute Gasteiger partial charge is 0.181 e. The Morgan fingerprint density at radius 1 is 1.39 bits per heavy atom. The van der Waals surface area contributed by atoms with Crippen molar-refractivity contribution < 1.29 is 9.90 Å². The van der Waals surface area contributed by atoms with Gasteiger partial charge in [-0.2, -0.15) is 0 Å². The van der Waals surface area contributed by atoms with Gasteiger partial charge in [-0.1, -0.05) is 23.2 Å². The summed E-state index contributed by atoms with van der Waals surface area (Å²) in [5.41, 5.74) is 0.450. The topological polar surface area (TPSA) is 40.5 Å². The van der Waals surface area contributed by atoms with Gasteiger partial charge >= 0.3 is 0 Å². The molecule has 0 amide bonds. The second-order valence-electron chi connectivity index (χ2n) is 4.45. The summed E-state index contributed by atoms with van der Waals surface area (Å²) in [7, 11) is 1.79. The van der Waals surface area contributed by atoms with E-state index in [9.17, 15) is 9.90 Å². The van der Waals surface area contributed by atoms with Crippen LogP contribution in [0.25, 0.3) is 0 Å². The second kappa shape index (κ2) is 6.53. The second-order valence-corrected chi connectivity index (χ2v) is 5.30. The van der Waals surface area contributed by atoms with E-state index >= 15 is 0 Å². The maximum absolute atomic E-state index is 12.2. The van der Waals surface area contributed by atoms with Crippen LogP contribution in [0.4, 0.5) is 0 Å². The van der Waals surface area contributed by atoms with Gasteiger partial charge in [0, 0.05) is 17.1 Å². The van der Waals surface area contributed by atoms with Crippen LogP contribution in [0.5, 0.6) is 0 Å². The highest BCUT2D eigenvalue weighted by molar-refractivity contribution is 6.37. The molecule has 0 aliphatic heterocycles. The Hall–Kier alpha value is -0.610. The molecule has 5 heteroatoms. The van der Waals surface area contributed by atoms with E-state index in [-0.39, 0.29) is 11.8 Å². The summed E-state index contributed by atoms with van der Waals surface area (Å²) >= 11 is 11.8. The zero-order valence-corrected chi connectivity index (χ0v) is 12.2. The molecule has 0 aliphatic carbocycles. The quantitative estimate of drug-likeness (QED) is 0.848. The fourth-order valence-electron chi connectivity index (χ4n) is 1.69. The molecule has 2 atom stereocenters. The van der Waals surface area contributed by atoms with Crippen LogP contribution in [0.2, 0.25) is 10.0 Å². The average molecular weight is 290 g/mol. The first-order valence-electron chi connectivity index (χ1n) is 5.70. The molecule has 0 saturated heterocycles. The molecular weight excluding hydrogens is 273 g/mol. The first kappa shape index (κ1) is 15.4. The van der Waals surface area contributed by atoms with Crippen molar-refractivity contribution in [1.82, 2.24) is 4.90 Å².